The van der Waals surface area contributed by atoms with E-state index in [0.29, 0.717) is 23.2 Å². The first kappa shape index (κ1) is 20.8. The highest BCUT2D eigenvalue weighted by Crippen LogP contribution is 2.64. The van der Waals surface area contributed by atoms with E-state index in [1.165, 1.54) is 25.7 Å². The molecule has 0 aromatic heterocycles. The fraction of sp³-hybridized carbons (Fsp3) is 0.880. The number of hydrogen-bond acceptors (Lipinski definition) is 2. The molecular formula is C25H42O2Si. The molecule has 0 N–H and O–H groups in total. The predicted molar refractivity (Wildman–Crippen MR) is 119 cm³/mol. The third kappa shape index (κ3) is 3.02. The summed E-state index contributed by atoms with van der Waals surface area (Å²) in [5, 5.41) is 0.280. The lowest BCUT2D eigenvalue weighted by atomic mass is 9.48. The van der Waals surface area contributed by atoms with E-state index in [9.17, 15) is 4.79 Å². The summed E-state index contributed by atoms with van der Waals surface area (Å²) in [6.45, 7) is 16.7. The van der Waals surface area contributed by atoms with Gasteiger partial charge in [-0.15, -0.1) is 0 Å². The van der Waals surface area contributed by atoms with Gasteiger partial charge in [-0.1, -0.05) is 46.3 Å². The minimum atomic E-state index is -1.71. The number of fused-ring (bicyclic) bond motifs is 5. The van der Waals surface area contributed by atoms with Gasteiger partial charge in [0.2, 0.25) is 0 Å². The Morgan fingerprint density at radius 3 is 2.36 bits per heavy atom. The maximum Gasteiger partial charge on any atom is 0.192 e. The van der Waals surface area contributed by atoms with Crippen molar-refractivity contribution in [3.63, 3.8) is 0 Å². The molecule has 4 aliphatic carbocycles. The van der Waals surface area contributed by atoms with E-state index in [4.69, 9.17) is 4.43 Å². The van der Waals surface area contributed by atoms with Crippen LogP contribution in [0.25, 0.3) is 0 Å². The SMILES string of the molecule is CC12CCC3C(CC=C4CC(O[Si](C)(C)C(C)(C)C)CCC43C)C1CCC2=O. The predicted octanol–water partition coefficient (Wildman–Crippen LogP) is 6.91. The molecule has 0 aromatic rings. The Bertz CT molecular complexity index is 687. The Morgan fingerprint density at radius 1 is 1.04 bits per heavy atom. The second-order valence-electron chi connectivity index (χ2n) is 12.4. The number of hydrogen-bond donors (Lipinski definition) is 0. The van der Waals surface area contributed by atoms with E-state index in [2.05, 4.69) is 53.8 Å². The highest BCUT2D eigenvalue weighted by Gasteiger charge is 2.58. The lowest BCUT2D eigenvalue weighted by Gasteiger charge is -2.57. The molecule has 0 aliphatic heterocycles. The first-order valence-corrected chi connectivity index (χ1v) is 14.7. The number of rotatable bonds is 2. The van der Waals surface area contributed by atoms with Crippen LogP contribution in [0.3, 0.4) is 0 Å². The fourth-order valence-corrected chi connectivity index (χ4v) is 8.48. The second-order valence-corrected chi connectivity index (χ2v) is 17.2. The van der Waals surface area contributed by atoms with Crippen LogP contribution in [-0.4, -0.2) is 20.2 Å². The van der Waals surface area contributed by atoms with E-state index in [0.717, 1.165) is 37.5 Å². The van der Waals surface area contributed by atoms with Gasteiger partial charge in [0.1, 0.15) is 5.78 Å². The molecule has 158 valence electrons. The van der Waals surface area contributed by atoms with Gasteiger partial charge in [0.25, 0.3) is 0 Å². The molecule has 0 heterocycles. The summed E-state index contributed by atoms with van der Waals surface area (Å²) in [6.07, 6.45) is 12.2. The van der Waals surface area contributed by atoms with Crippen molar-refractivity contribution >= 4 is 14.1 Å². The Morgan fingerprint density at radius 2 is 1.68 bits per heavy atom. The van der Waals surface area contributed by atoms with Crippen molar-refractivity contribution in [1.82, 2.24) is 0 Å². The average Bonchev–Trinajstić information content (AvgIpc) is 2.89. The minimum Gasteiger partial charge on any atom is -0.414 e. The Labute approximate surface area is 174 Å². The molecule has 0 radical (unpaired) electrons. The smallest absolute Gasteiger partial charge is 0.192 e. The van der Waals surface area contributed by atoms with Crippen molar-refractivity contribution < 1.29 is 9.22 Å². The van der Waals surface area contributed by atoms with Crippen LogP contribution in [0.1, 0.15) is 86.0 Å². The molecule has 6 unspecified atom stereocenters. The summed E-state index contributed by atoms with van der Waals surface area (Å²) in [5.41, 5.74) is 2.03. The summed E-state index contributed by atoms with van der Waals surface area (Å²) >= 11 is 0. The Balaban J connectivity index is 1.53. The molecule has 3 saturated carbocycles. The van der Waals surface area contributed by atoms with Crippen LogP contribution in [0.15, 0.2) is 11.6 Å². The Kier molecular flexibility index (Phi) is 4.87. The van der Waals surface area contributed by atoms with E-state index in [1.54, 1.807) is 5.57 Å². The summed E-state index contributed by atoms with van der Waals surface area (Å²) in [4.78, 5) is 12.6. The summed E-state index contributed by atoms with van der Waals surface area (Å²) in [6, 6.07) is 0. The van der Waals surface area contributed by atoms with Gasteiger partial charge in [0.15, 0.2) is 8.32 Å². The molecule has 0 spiro atoms. The number of carbonyl (C=O) groups excluding carboxylic acids is 1. The number of carbonyl (C=O) groups is 1. The van der Waals surface area contributed by atoms with Crippen LogP contribution in [0.2, 0.25) is 18.1 Å². The zero-order chi connectivity index (χ0) is 20.5. The van der Waals surface area contributed by atoms with Gasteiger partial charge < -0.3 is 4.43 Å². The third-order valence-corrected chi connectivity index (χ3v) is 14.6. The lowest BCUT2D eigenvalue weighted by molar-refractivity contribution is -0.131. The molecule has 2 nitrogen and oxygen atoms in total. The number of ketones is 1. The van der Waals surface area contributed by atoms with Crippen LogP contribution in [0, 0.1) is 28.6 Å². The van der Waals surface area contributed by atoms with Gasteiger partial charge in [-0.25, -0.2) is 0 Å². The molecule has 4 aliphatic rings. The van der Waals surface area contributed by atoms with Crippen molar-refractivity contribution in [1.29, 1.82) is 0 Å². The molecule has 0 bridgehead atoms. The normalized spacial score (nSPS) is 43.8. The first-order chi connectivity index (χ1) is 12.9. The maximum atomic E-state index is 12.6. The zero-order valence-electron chi connectivity index (χ0n) is 19.4. The molecule has 0 saturated heterocycles. The molecule has 28 heavy (non-hydrogen) atoms. The molecule has 0 amide bonds. The molecule has 0 aromatic carbocycles. The van der Waals surface area contributed by atoms with Crippen molar-refractivity contribution in [2.75, 3.05) is 0 Å². The second kappa shape index (κ2) is 6.54. The maximum absolute atomic E-state index is 12.6. The highest BCUT2D eigenvalue weighted by atomic mass is 28.4. The summed E-state index contributed by atoms with van der Waals surface area (Å²) < 4.78 is 6.83. The zero-order valence-corrected chi connectivity index (χ0v) is 20.4. The monoisotopic (exact) mass is 402 g/mol. The topological polar surface area (TPSA) is 26.3 Å². The largest absolute Gasteiger partial charge is 0.414 e. The van der Waals surface area contributed by atoms with E-state index in [-0.39, 0.29) is 10.5 Å². The van der Waals surface area contributed by atoms with Gasteiger partial charge in [-0.05, 0) is 86.2 Å². The summed E-state index contributed by atoms with van der Waals surface area (Å²) in [5.74, 6) is 2.71. The first-order valence-electron chi connectivity index (χ1n) is 11.8. The van der Waals surface area contributed by atoms with Gasteiger partial charge in [-0.2, -0.15) is 0 Å². The molecule has 6 atom stereocenters. The van der Waals surface area contributed by atoms with Gasteiger partial charge in [0, 0.05) is 17.9 Å². The van der Waals surface area contributed by atoms with Crippen LogP contribution < -0.4 is 0 Å². The van der Waals surface area contributed by atoms with E-state index < -0.39 is 8.32 Å². The van der Waals surface area contributed by atoms with E-state index in [1.807, 2.05) is 0 Å². The standard InChI is InChI=1S/C25H42O2Si/c1-23(2,3)28(6,7)27-18-12-14-24(4)17(16-18)8-9-19-20-10-11-22(26)25(20,5)15-13-21(19)24/h8,18-21H,9-16H2,1-7H3. The fourth-order valence-electron chi connectivity index (χ4n) is 7.09. The molecule has 4 rings (SSSR count). The van der Waals surface area contributed by atoms with Crippen molar-refractivity contribution in [2.24, 2.45) is 28.6 Å². The van der Waals surface area contributed by atoms with Gasteiger partial charge >= 0.3 is 0 Å². The quantitative estimate of drug-likeness (QED) is 0.370. The number of Topliss-reactive ketones (excluding diaryl/α,β-unsaturated/α-hetero) is 1. The molecule has 3 heteroatoms. The van der Waals surface area contributed by atoms with Crippen LogP contribution in [-0.2, 0) is 9.22 Å². The van der Waals surface area contributed by atoms with Crippen LogP contribution in [0.4, 0.5) is 0 Å². The third-order valence-electron chi connectivity index (χ3n) is 10.0. The van der Waals surface area contributed by atoms with Crippen LogP contribution in [0.5, 0.6) is 0 Å². The number of allylic oxidation sites excluding steroid dienone is 1. The van der Waals surface area contributed by atoms with Crippen molar-refractivity contribution in [3.8, 4) is 0 Å². The van der Waals surface area contributed by atoms with Crippen LogP contribution >= 0.6 is 0 Å². The lowest BCUT2D eigenvalue weighted by Crippen LogP contribution is -2.51. The van der Waals surface area contributed by atoms with E-state index >= 15 is 0 Å². The average molecular weight is 403 g/mol. The molecule has 3 fully saturated rings. The summed E-state index contributed by atoms with van der Waals surface area (Å²) in [7, 11) is -1.71. The Hall–Kier alpha value is -0.413. The van der Waals surface area contributed by atoms with Crippen molar-refractivity contribution in [3.05, 3.63) is 11.6 Å². The molecular weight excluding hydrogens is 360 g/mol. The van der Waals surface area contributed by atoms with Gasteiger partial charge in [0.05, 0.1) is 0 Å². The van der Waals surface area contributed by atoms with Crippen molar-refractivity contribution in [2.45, 2.75) is 110 Å². The highest BCUT2D eigenvalue weighted by molar-refractivity contribution is 6.74. The minimum absolute atomic E-state index is 0.00842. The van der Waals surface area contributed by atoms with Gasteiger partial charge in [-0.3, -0.25) is 4.79 Å².